The molecule has 0 aliphatic carbocycles. The lowest BCUT2D eigenvalue weighted by Crippen LogP contribution is -2.37. The Bertz CT molecular complexity index is 864. The summed E-state index contributed by atoms with van der Waals surface area (Å²) < 4.78 is 0. The van der Waals surface area contributed by atoms with Crippen LogP contribution in [0.15, 0.2) is 34.0 Å². The van der Waals surface area contributed by atoms with E-state index in [-0.39, 0.29) is 5.75 Å². The molecule has 0 bridgehead atoms. The predicted molar refractivity (Wildman–Crippen MR) is 110 cm³/mol. The van der Waals surface area contributed by atoms with Crippen LogP contribution in [0.3, 0.4) is 0 Å². The van der Waals surface area contributed by atoms with E-state index in [1.54, 1.807) is 18.2 Å². The van der Waals surface area contributed by atoms with Crippen LogP contribution in [0.2, 0.25) is 5.02 Å². The number of rotatable bonds is 3. The van der Waals surface area contributed by atoms with E-state index < -0.39 is 0 Å². The molecule has 1 aliphatic rings. The molecular weight excluding hydrogens is 390 g/mol. The fourth-order valence-corrected chi connectivity index (χ4v) is 3.88. The Morgan fingerprint density at radius 2 is 1.85 bits per heavy atom. The first kappa shape index (κ1) is 18.9. The molecule has 1 saturated heterocycles. The van der Waals surface area contributed by atoms with E-state index in [1.165, 1.54) is 42.2 Å². The fraction of sp³-hybridized carbons (Fsp3) is 0.235. The van der Waals surface area contributed by atoms with Gasteiger partial charge in [-0.15, -0.1) is 22.7 Å². The van der Waals surface area contributed by atoms with Gasteiger partial charge in [-0.3, -0.25) is 0 Å². The molecule has 0 atom stereocenters. The van der Waals surface area contributed by atoms with Gasteiger partial charge >= 0.3 is 0 Å². The zero-order valence-electron chi connectivity index (χ0n) is 13.9. The van der Waals surface area contributed by atoms with Gasteiger partial charge in [0.15, 0.2) is 0 Å². The summed E-state index contributed by atoms with van der Waals surface area (Å²) in [5.41, 5.74) is 2.11. The van der Waals surface area contributed by atoms with Crippen molar-refractivity contribution in [1.29, 1.82) is 0 Å². The number of aromatic hydroxyl groups is 1. The van der Waals surface area contributed by atoms with E-state index in [4.69, 9.17) is 11.6 Å². The van der Waals surface area contributed by atoms with Crippen LogP contribution in [-0.4, -0.2) is 41.6 Å². The predicted octanol–water partition coefficient (Wildman–Crippen LogP) is 4.15. The molecule has 6 nitrogen and oxygen atoms in total. The van der Waals surface area contributed by atoms with Crippen LogP contribution in [0.1, 0.15) is 6.42 Å². The molecule has 4 rings (SSSR count). The maximum Gasteiger partial charge on any atom is 0.209 e. The van der Waals surface area contributed by atoms with Crippen LogP contribution in [-0.2, 0) is 0 Å². The van der Waals surface area contributed by atoms with E-state index in [2.05, 4.69) is 32.3 Å². The number of halogens is 1. The highest BCUT2D eigenvalue weighted by atomic mass is 35.5. The summed E-state index contributed by atoms with van der Waals surface area (Å²) in [6.45, 7) is 6.82. The topological polar surface area (TPSA) is 82.4 Å². The standard InChI is InChI=1S/C13H8ClN3OS2.C4H10N2/c1-15-13-17-10(6-20-13)9-5-19-12(16-9)8-4-7(14)2-3-11(8)18;1-2-5-4-6-3-1/h2-6,18H,1H2;5-6H,1-4H2. The summed E-state index contributed by atoms with van der Waals surface area (Å²) in [5, 5.41) is 21.9. The molecular formula is C17H18ClN5OS2. The second-order valence-corrected chi connectivity index (χ2v) is 7.53. The smallest absolute Gasteiger partial charge is 0.209 e. The summed E-state index contributed by atoms with van der Waals surface area (Å²) in [6.07, 6.45) is 1.28. The zero-order valence-corrected chi connectivity index (χ0v) is 16.3. The van der Waals surface area contributed by atoms with Crippen LogP contribution in [0.25, 0.3) is 22.0 Å². The van der Waals surface area contributed by atoms with E-state index in [0.29, 0.717) is 20.7 Å². The Morgan fingerprint density at radius 1 is 1.12 bits per heavy atom. The van der Waals surface area contributed by atoms with Crippen molar-refractivity contribution in [3.8, 4) is 27.7 Å². The van der Waals surface area contributed by atoms with E-state index in [1.807, 2.05) is 10.8 Å². The van der Waals surface area contributed by atoms with Crippen molar-refractivity contribution in [1.82, 2.24) is 20.6 Å². The van der Waals surface area contributed by atoms with E-state index >= 15 is 0 Å². The number of phenolic OH excluding ortho intramolecular Hbond substituents is 1. The molecule has 1 aromatic carbocycles. The first-order valence-electron chi connectivity index (χ1n) is 7.96. The number of aliphatic imine (C=N–C) groups is 1. The summed E-state index contributed by atoms with van der Waals surface area (Å²) in [5.74, 6) is 0.155. The molecule has 1 aliphatic heterocycles. The van der Waals surface area contributed by atoms with Gasteiger partial charge in [-0.2, -0.15) is 0 Å². The number of nitrogens with zero attached hydrogens (tertiary/aromatic N) is 3. The van der Waals surface area contributed by atoms with Gasteiger partial charge in [0.25, 0.3) is 0 Å². The molecule has 9 heteroatoms. The van der Waals surface area contributed by atoms with Crippen molar-refractivity contribution < 1.29 is 5.11 Å². The molecule has 0 amide bonds. The summed E-state index contributed by atoms with van der Waals surface area (Å²) in [7, 11) is 0. The van der Waals surface area contributed by atoms with Crippen molar-refractivity contribution in [2.45, 2.75) is 6.42 Å². The molecule has 0 radical (unpaired) electrons. The summed E-state index contributed by atoms with van der Waals surface area (Å²) in [4.78, 5) is 12.6. The number of thiazole rings is 2. The number of nitrogens with one attached hydrogen (secondary N) is 2. The Hall–Kier alpha value is -1.84. The average molecular weight is 408 g/mol. The van der Waals surface area contributed by atoms with Gasteiger partial charge in [0.1, 0.15) is 22.1 Å². The van der Waals surface area contributed by atoms with Crippen LogP contribution in [0, 0.1) is 0 Å². The third-order valence-corrected chi connectivity index (χ3v) is 5.42. The highest BCUT2D eigenvalue weighted by Gasteiger charge is 2.12. The van der Waals surface area contributed by atoms with Crippen molar-refractivity contribution in [3.63, 3.8) is 0 Å². The van der Waals surface area contributed by atoms with Gasteiger partial charge in [0.2, 0.25) is 5.13 Å². The molecule has 0 saturated carbocycles. The molecule has 136 valence electrons. The Labute approximate surface area is 164 Å². The largest absolute Gasteiger partial charge is 0.507 e. The van der Waals surface area contributed by atoms with Gasteiger partial charge in [-0.1, -0.05) is 11.6 Å². The quantitative estimate of drug-likeness (QED) is 0.568. The van der Waals surface area contributed by atoms with E-state index in [9.17, 15) is 5.11 Å². The van der Waals surface area contributed by atoms with Gasteiger partial charge in [-0.05, 0) is 44.4 Å². The fourth-order valence-electron chi connectivity index (χ4n) is 2.25. The number of hydrogen-bond acceptors (Lipinski definition) is 8. The number of hydrogen-bond donors (Lipinski definition) is 3. The lowest BCUT2D eigenvalue weighted by molar-refractivity contribution is 0.477. The van der Waals surface area contributed by atoms with Crippen molar-refractivity contribution in [2.75, 3.05) is 19.8 Å². The molecule has 0 unspecified atom stereocenters. The van der Waals surface area contributed by atoms with Crippen LogP contribution < -0.4 is 10.6 Å². The highest BCUT2D eigenvalue weighted by Crippen LogP contribution is 2.36. The van der Waals surface area contributed by atoms with Gasteiger partial charge in [0.05, 0.1) is 5.56 Å². The third-order valence-electron chi connectivity index (χ3n) is 3.54. The maximum absolute atomic E-state index is 9.88. The minimum atomic E-state index is 0.155. The van der Waals surface area contributed by atoms with E-state index in [0.717, 1.165) is 18.1 Å². The van der Waals surface area contributed by atoms with Crippen molar-refractivity contribution in [3.05, 3.63) is 34.0 Å². The Kier molecular flexibility index (Phi) is 6.70. The minimum absolute atomic E-state index is 0.155. The second-order valence-electron chi connectivity index (χ2n) is 5.40. The SMILES string of the molecule is C1CNCNC1.C=Nc1nc(-c2csc(-c3cc(Cl)ccc3O)n2)cs1. The third kappa shape index (κ3) is 4.87. The Balaban J connectivity index is 0.000000278. The first-order valence-corrected chi connectivity index (χ1v) is 10.1. The number of phenols is 1. The molecule has 1 fully saturated rings. The molecule has 3 heterocycles. The lowest BCUT2D eigenvalue weighted by atomic mass is 10.2. The summed E-state index contributed by atoms with van der Waals surface area (Å²) >= 11 is 8.78. The van der Waals surface area contributed by atoms with Gasteiger partial charge in [-0.25, -0.2) is 15.0 Å². The minimum Gasteiger partial charge on any atom is -0.507 e. The van der Waals surface area contributed by atoms with Crippen LogP contribution in [0.5, 0.6) is 5.75 Å². The second kappa shape index (κ2) is 9.20. The average Bonchev–Trinajstić information content (AvgIpc) is 3.34. The lowest BCUT2D eigenvalue weighted by Gasteiger charge is -2.11. The maximum atomic E-state index is 9.88. The van der Waals surface area contributed by atoms with Crippen LogP contribution >= 0.6 is 34.3 Å². The molecule has 0 spiro atoms. The number of aromatic nitrogens is 2. The van der Waals surface area contributed by atoms with Gasteiger partial charge < -0.3 is 15.7 Å². The monoisotopic (exact) mass is 407 g/mol. The van der Waals surface area contributed by atoms with Gasteiger partial charge in [0, 0.05) is 22.5 Å². The Morgan fingerprint density at radius 3 is 2.46 bits per heavy atom. The zero-order chi connectivity index (χ0) is 18.4. The molecule has 3 N–H and O–H groups in total. The van der Waals surface area contributed by atoms with Crippen LogP contribution in [0.4, 0.5) is 5.13 Å². The molecule has 2 aromatic heterocycles. The normalized spacial score (nSPS) is 13.7. The first-order chi connectivity index (χ1) is 12.7. The highest BCUT2D eigenvalue weighted by molar-refractivity contribution is 7.14. The summed E-state index contributed by atoms with van der Waals surface area (Å²) in [6, 6.07) is 4.88. The number of benzene rings is 1. The molecule has 3 aromatic rings. The van der Waals surface area contributed by atoms with Crippen molar-refractivity contribution in [2.24, 2.45) is 4.99 Å². The van der Waals surface area contributed by atoms with Crippen molar-refractivity contribution >= 4 is 46.1 Å². The molecule has 26 heavy (non-hydrogen) atoms.